The maximum absolute atomic E-state index is 13.4. The van der Waals surface area contributed by atoms with Crippen LogP contribution in [-0.4, -0.2) is 12.9 Å². The van der Waals surface area contributed by atoms with E-state index in [1.807, 2.05) is 18.2 Å². The molecule has 0 aromatic heterocycles. The van der Waals surface area contributed by atoms with E-state index in [2.05, 4.69) is 61.6 Å². The van der Waals surface area contributed by atoms with Gasteiger partial charge in [-0.1, -0.05) is 56.3 Å². The Kier molecular flexibility index (Phi) is 4.02. The molecule has 0 spiro atoms. The molecule has 0 amide bonds. The number of carbonyl (C=O) groups excluding carboxylic acids is 1. The second-order valence-electron chi connectivity index (χ2n) is 8.90. The molecule has 1 heterocycles. The second kappa shape index (κ2) is 6.48. The zero-order chi connectivity index (χ0) is 20.2. The molecule has 3 nitrogen and oxygen atoms in total. The number of fused-ring (bicyclic) bond motifs is 4. The first-order valence-electron chi connectivity index (χ1n) is 10.2. The molecule has 3 heteroatoms. The van der Waals surface area contributed by atoms with Crippen LogP contribution in [0.2, 0.25) is 0 Å². The van der Waals surface area contributed by atoms with Gasteiger partial charge in [0.15, 0.2) is 5.78 Å². The zero-order valence-corrected chi connectivity index (χ0v) is 17.1. The van der Waals surface area contributed by atoms with Gasteiger partial charge in [0.1, 0.15) is 5.75 Å². The number of methoxy groups -OCH3 is 1. The number of rotatable bonds is 2. The number of ether oxygens (including phenoxy) is 1. The first-order valence-corrected chi connectivity index (χ1v) is 10.2. The number of Topliss-reactive ketones (excluding diaryl/α,β-unsaturated/α-hetero) is 1. The smallest absolute Gasteiger partial charge is 0.162 e. The van der Waals surface area contributed by atoms with E-state index in [0.717, 1.165) is 29.0 Å². The Morgan fingerprint density at radius 3 is 2.66 bits per heavy atom. The average Bonchev–Trinajstić information content (AvgIpc) is 2.71. The van der Waals surface area contributed by atoms with Crippen molar-refractivity contribution in [1.29, 1.82) is 0 Å². The van der Waals surface area contributed by atoms with Crippen LogP contribution in [0, 0.1) is 5.41 Å². The fourth-order valence-electron chi connectivity index (χ4n) is 4.91. The molecule has 0 saturated heterocycles. The number of allylic oxidation sites excluding steroid dienone is 1. The molecule has 0 saturated carbocycles. The summed E-state index contributed by atoms with van der Waals surface area (Å²) in [4.78, 5) is 13.4. The summed E-state index contributed by atoms with van der Waals surface area (Å²) in [6.45, 7) is 4.39. The highest BCUT2D eigenvalue weighted by Crippen LogP contribution is 2.52. The fraction of sp³-hybridized carbons (Fsp3) is 0.269. The lowest BCUT2D eigenvalue weighted by Gasteiger charge is -2.40. The Morgan fingerprint density at radius 2 is 1.83 bits per heavy atom. The van der Waals surface area contributed by atoms with Crippen molar-refractivity contribution in [2.45, 2.75) is 32.7 Å². The number of hydrogen-bond acceptors (Lipinski definition) is 3. The van der Waals surface area contributed by atoms with Crippen LogP contribution in [0.4, 0.5) is 5.69 Å². The summed E-state index contributed by atoms with van der Waals surface area (Å²) in [5, 5.41) is 6.09. The summed E-state index contributed by atoms with van der Waals surface area (Å²) in [5.41, 5.74) is 5.43. The minimum Gasteiger partial charge on any atom is -0.497 e. The fourth-order valence-corrected chi connectivity index (χ4v) is 4.91. The van der Waals surface area contributed by atoms with Crippen molar-refractivity contribution in [2.24, 2.45) is 5.41 Å². The summed E-state index contributed by atoms with van der Waals surface area (Å²) in [6, 6.07) is 20.6. The molecule has 146 valence electrons. The average molecular weight is 383 g/mol. The van der Waals surface area contributed by atoms with Crippen LogP contribution >= 0.6 is 0 Å². The van der Waals surface area contributed by atoms with E-state index in [9.17, 15) is 4.79 Å². The maximum Gasteiger partial charge on any atom is 0.162 e. The third-order valence-electron chi connectivity index (χ3n) is 6.17. The predicted octanol–water partition coefficient (Wildman–Crippen LogP) is 6.16. The largest absolute Gasteiger partial charge is 0.497 e. The second-order valence-corrected chi connectivity index (χ2v) is 8.90. The van der Waals surface area contributed by atoms with Gasteiger partial charge in [-0.25, -0.2) is 0 Å². The SMILES string of the molecule is COc1cccc([C@H]2Nc3ccc4ccccc4c3C3=C2C(=O)CC(C)(C)C3)c1. The number of carbonyl (C=O) groups is 1. The third kappa shape index (κ3) is 2.93. The molecular weight excluding hydrogens is 358 g/mol. The van der Waals surface area contributed by atoms with E-state index >= 15 is 0 Å². The van der Waals surface area contributed by atoms with E-state index in [1.165, 1.54) is 21.9 Å². The summed E-state index contributed by atoms with van der Waals surface area (Å²) in [7, 11) is 1.67. The quantitative estimate of drug-likeness (QED) is 0.576. The summed E-state index contributed by atoms with van der Waals surface area (Å²) < 4.78 is 5.44. The van der Waals surface area contributed by atoms with Gasteiger partial charge >= 0.3 is 0 Å². The minimum atomic E-state index is -0.155. The molecule has 1 aliphatic heterocycles. The first-order chi connectivity index (χ1) is 14.0. The Hall–Kier alpha value is -3.07. The van der Waals surface area contributed by atoms with Crippen molar-refractivity contribution in [3.05, 3.63) is 77.4 Å². The molecule has 1 aliphatic carbocycles. The Labute approximate surface area is 171 Å². The van der Waals surface area contributed by atoms with Gasteiger partial charge < -0.3 is 10.1 Å². The highest BCUT2D eigenvalue weighted by atomic mass is 16.5. The molecule has 0 radical (unpaired) electrons. The highest BCUT2D eigenvalue weighted by molar-refractivity contribution is 6.12. The lowest BCUT2D eigenvalue weighted by atomic mass is 9.68. The first kappa shape index (κ1) is 18.0. The number of nitrogens with one attached hydrogen (secondary N) is 1. The normalized spacial score (nSPS) is 20.1. The van der Waals surface area contributed by atoms with Gasteiger partial charge in [-0.05, 0) is 51.9 Å². The van der Waals surface area contributed by atoms with E-state index in [4.69, 9.17) is 4.74 Å². The van der Waals surface area contributed by atoms with Crippen LogP contribution < -0.4 is 10.1 Å². The predicted molar refractivity (Wildman–Crippen MR) is 118 cm³/mol. The van der Waals surface area contributed by atoms with Crippen molar-refractivity contribution in [3.8, 4) is 5.75 Å². The summed E-state index contributed by atoms with van der Waals surface area (Å²) in [5.74, 6) is 1.05. The molecule has 1 N–H and O–H groups in total. The Balaban J connectivity index is 1.79. The molecule has 5 rings (SSSR count). The molecule has 3 aromatic rings. The number of anilines is 1. The van der Waals surface area contributed by atoms with Crippen LogP contribution in [0.5, 0.6) is 5.75 Å². The van der Waals surface area contributed by atoms with Crippen LogP contribution in [0.15, 0.2) is 66.2 Å². The van der Waals surface area contributed by atoms with Crippen molar-refractivity contribution < 1.29 is 9.53 Å². The summed E-state index contributed by atoms with van der Waals surface area (Å²) >= 11 is 0. The van der Waals surface area contributed by atoms with Gasteiger partial charge in [0.25, 0.3) is 0 Å². The van der Waals surface area contributed by atoms with Crippen molar-refractivity contribution in [1.82, 2.24) is 0 Å². The highest BCUT2D eigenvalue weighted by Gasteiger charge is 2.40. The van der Waals surface area contributed by atoms with Gasteiger partial charge in [0, 0.05) is 23.2 Å². The van der Waals surface area contributed by atoms with E-state index in [0.29, 0.717) is 6.42 Å². The standard InChI is InChI=1S/C26H25NO2/c1-26(2)14-20-23-19-10-5-4-7-16(19)11-12-21(23)27-25(24(20)22(28)15-26)17-8-6-9-18(13-17)29-3/h4-13,25,27H,14-15H2,1-3H3/t25-/m1/s1. The van der Waals surface area contributed by atoms with Gasteiger partial charge in [-0.3, -0.25) is 4.79 Å². The van der Waals surface area contributed by atoms with Gasteiger partial charge in [-0.2, -0.15) is 0 Å². The van der Waals surface area contributed by atoms with Gasteiger partial charge in [0.2, 0.25) is 0 Å². The van der Waals surface area contributed by atoms with Gasteiger partial charge in [-0.15, -0.1) is 0 Å². The van der Waals surface area contributed by atoms with Crippen molar-refractivity contribution >= 4 is 27.8 Å². The molecular formula is C26H25NO2. The maximum atomic E-state index is 13.4. The molecule has 0 fully saturated rings. The molecule has 2 aliphatic rings. The number of hydrogen-bond donors (Lipinski definition) is 1. The van der Waals surface area contributed by atoms with Crippen LogP contribution in [-0.2, 0) is 4.79 Å². The molecule has 29 heavy (non-hydrogen) atoms. The number of benzene rings is 3. The molecule has 0 unspecified atom stereocenters. The van der Waals surface area contributed by atoms with E-state index < -0.39 is 0 Å². The summed E-state index contributed by atoms with van der Waals surface area (Å²) in [6.07, 6.45) is 1.48. The van der Waals surface area contributed by atoms with E-state index in [-0.39, 0.29) is 17.2 Å². The van der Waals surface area contributed by atoms with Crippen LogP contribution in [0.3, 0.4) is 0 Å². The van der Waals surface area contributed by atoms with E-state index in [1.54, 1.807) is 7.11 Å². The molecule has 3 aromatic carbocycles. The van der Waals surface area contributed by atoms with Crippen LogP contribution in [0.25, 0.3) is 16.3 Å². The Morgan fingerprint density at radius 1 is 1.00 bits per heavy atom. The monoisotopic (exact) mass is 383 g/mol. The lowest BCUT2D eigenvalue weighted by Crippen LogP contribution is -2.33. The Bertz CT molecular complexity index is 1170. The topological polar surface area (TPSA) is 38.3 Å². The zero-order valence-electron chi connectivity index (χ0n) is 17.1. The molecule has 1 atom stereocenters. The lowest BCUT2D eigenvalue weighted by molar-refractivity contribution is -0.118. The van der Waals surface area contributed by atoms with Gasteiger partial charge in [0.05, 0.1) is 13.2 Å². The molecule has 0 bridgehead atoms. The van der Waals surface area contributed by atoms with Crippen LogP contribution in [0.1, 0.15) is 43.9 Å². The number of ketones is 1. The third-order valence-corrected chi connectivity index (χ3v) is 6.17. The van der Waals surface area contributed by atoms with Crippen molar-refractivity contribution in [3.63, 3.8) is 0 Å². The van der Waals surface area contributed by atoms with Crippen molar-refractivity contribution in [2.75, 3.05) is 12.4 Å². The minimum absolute atomic E-state index is 0.0413.